The molecule has 94 valence electrons. The van der Waals surface area contributed by atoms with E-state index in [0.29, 0.717) is 0 Å². The van der Waals surface area contributed by atoms with E-state index >= 15 is 0 Å². The molecule has 1 N–H and O–H groups in total. The van der Waals surface area contributed by atoms with E-state index in [1.54, 1.807) is 0 Å². The molecule has 0 aliphatic carbocycles. The van der Waals surface area contributed by atoms with E-state index < -0.39 is 5.97 Å². The molecule has 0 aromatic carbocycles. The molecular formula is C11H23N3O2. The van der Waals surface area contributed by atoms with Gasteiger partial charge in [0.05, 0.1) is 6.42 Å². The minimum Gasteiger partial charge on any atom is -0.481 e. The standard InChI is InChI=1S/C11H23N3O2/c1-12(2)4-6-14-7-5-13(3)9-10(14)8-11(15)16/h10H,4-9H2,1-3H3,(H,15,16). The van der Waals surface area contributed by atoms with Gasteiger partial charge in [-0.1, -0.05) is 0 Å². The highest BCUT2D eigenvalue weighted by Gasteiger charge is 2.26. The van der Waals surface area contributed by atoms with Crippen LogP contribution < -0.4 is 0 Å². The molecule has 0 saturated carbocycles. The molecule has 0 spiro atoms. The van der Waals surface area contributed by atoms with Crippen LogP contribution in [0.25, 0.3) is 0 Å². The molecule has 1 aliphatic heterocycles. The van der Waals surface area contributed by atoms with Crippen molar-refractivity contribution in [3.05, 3.63) is 0 Å². The van der Waals surface area contributed by atoms with E-state index in [-0.39, 0.29) is 12.5 Å². The second-order valence-corrected chi connectivity index (χ2v) is 4.85. The maximum Gasteiger partial charge on any atom is 0.304 e. The molecule has 16 heavy (non-hydrogen) atoms. The number of hydrogen-bond donors (Lipinski definition) is 1. The van der Waals surface area contributed by atoms with Crippen molar-refractivity contribution in [2.75, 3.05) is 53.9 Å². The first kappa shape index (κ1) is 13.4. The van der Waals surface area contributed by atoms with Crippen LogP contribution in [0.2, 0.25) is 0 Å². The lowest BCUT2D eigenvalue weighted by Gasteiger charge is -2.39. The number of piperazine rings is 1. The molecule has 0 bridgehead atoms. The van der Waals surface area contributed by atoms with Crippen molar-refractivity contribution in [2.45, 2.75) is 12.5 Å². The Hall–Kier alpha value is -0.650. The van der Waals surface area contributed by atoms with Gasteiger partial charge in [0.2, 0.25) is 0 Å². The summed E-state index contributed by atoms with van der Waals surface area (Å²) in [5, 5.41) is 8.89. The summed E-state index contributed by atoms with van der Waals surface area (Å²) in [6.45, 7) is 4.81. The summed E-state index contributed by atoms with van der Waals surface area (Å²) in [4.78, 5) is 17.4. The predicted molar refractivity (Wildman–Crippen MR) is 63.7 cm³/mol. The fraction of sp³-hybridized carbons (Fsp3) is 0.909. The smallest absolute Gasteiger partial charge is 0.304 e. The summed E-state index contributed by atoms with van der Waals surface area (Å²) in [5.41, 5.74) is 0. The third kappa shape index (κ3) is 4.47. The van der Waals surface area contributed by atoms with Crippen LogP contribution in [0.15, 0.2) is 0 Å². The van der Waals surface area contributed by atoms with E-state index in [2.05, 4.69) is 21.7 Å². The van der Waals surface area contributed by atoms with Crippen LogP contribution in [0.4, 0.5) is 0 Å². The van der Waals surface area contributed by atoms with Crippen LogP contribution in [-0.2, 0) is 4.79 Å². The topological polar surface area (TPSA) is 47.0 Å². The SMILES string of the molecule is CN(C)CCN1CCN(C)CC1CC(=O)O. The molecule has 1 unspecified atom stereocenters. The summed E-state index contributed by atoms with van der Waals surface area (Å²) < 4.78 is 0. The predicted octanol–water partition coefficient (Wildman–Crippen LogP) is -0.361. The van der Waals surface area contributed by atoms with Gasteiger partial charge in [-0.3, -0.25) is 9.69 Å². The second kappa shape index (κ2) is 6.18. The maximum absolute atomic E-state index is 10.8. The zero-order valence-electron chi connectivity index (χ0n) is 10.5. The number of hydrogen-bond acceptors (Lipinski definition) is 4. The van der Waals surface area contributed by atoms with Gasteiger partial charge in [0.1, 0.15) is 0 Å². The number of aliphatic carboxylic acids is 1. The molecule has 0 amide bonds. The van der Waals surface area contributed by atoms with Gasteiger partial charge in [0.15, 0.2) is 0 Å². The van der Waals surface area contributed by atoms with Crippen molar-refractivity contribution < 1.29 is 9.90 Å². The third-order valence-electron chi connectivity index (χ3n) is 3.05. The second-order valence-electron chi connectivity index (χ2n) is 4.85. The zero-order chi connectivity index (χ0) is 12.1. The lowest BCUT2D eigenvalue weighted by Crippen LogP contribution is -2.53. The fourth-order valence-electron chi connectivity index (χ4n) is 2.07. The first-order chi connectivity index (χ1) is 7.49. The molecule has 5 heteroatoms. The minimum absolute atomic E-state index is 0.163. The van der Waals surface area contributed by atoms with Crippen LogP contribution in [0.5, 0.6) is 0 Å². The minimum atomic E-state index is -0.699. The summed E-state index contributed by atoms with van der Waals surface area (Å²) >= 11 is 0. The highest BCUT2D eigenvalue weighted by Crippen LogP contribution is 2.11. The largest absolute Gasteiger partial charge is 0.481 e. The molecule has 1 rings (SSSR count). The first-order valence-corrected chi connectivity index (χ1v) is 5.78. The number of likely N-dealkylation sites (N-methyl/N-ethyl adjacent to an activating group) is 2. The van der Waals surface area contributed by atoms with Crippen LogP contribution in [0.1, 0.15) is 6.42 Å². The third-order valence-corrected chi connectivity index (χ3v) is 3.05. The van der Waals surface area contributed by atoms with Crippen molar-refractivity contribution in [1.82, 2.24) is 14.7 Å². The fourth-order valence-corrected chi connectivity index (χ4v) is 2.07. The maximum atomic E-state index is 10.8. The summed E-state index contributed by atoms with van der Waals surface area (Å²) in [5.74, 6) is -0.699. The summed E-state index contributed by atoms with van der Waals surface area (Å²) in [6.07, 6.45) is 0.248. The molecule has 1 atom stereocenters. The quantitative estimate of drug-likeness (QED) is 0.697. The number of carboxylic acid groups (broad SMARTS) is 1. The Morgan fingerprint density at radius 2 is 2.12 bits per heavy atom. The molecule has 5 nitrogen and oxygen atoms in total. The van der Waals surface area contributed by atoms with Crippen molar-refractivity contribution in [2.24, 2.45) is 0 Å². The monoisotopic (exact) mass is 229 g/mol. The van der Waals surface area contributed by atoms with Gasteiger partial charge < -0.3 is 14.9 Å². The van der Waals surface area contributed by atoms with E-state index in [9.17, 15) is 4.79 Å². The average molecular weight is 229 g/mol. The molecule has 0 aromatic rings. The van der Waals surface area contributed by atoms with Crippen LogP contribution in [0, 0.1) is 0 Å². The Kier molecular flexibility index (Phi) is 5.18. The van der Waals surface area contributed by atoms with E-state index in [4.69, 9.17) is 5.11 Å². The average Bonchev–Trinajstić information content (AvgIpc) is 2.15. The molecule has 1 saturated heterocycles. The Balaban J connectivity index is 2.47. The molecule has 1 fully saturated rings. The lowest BCUT2D eigenvalue weighted by molar-refractivity contribution is -0.139. The molecule has 0 aromatic heterocycles. The molecular weight excluding hydrogens is 206 g/mol. The Labute approximate surface area is 97.6 Å². The van der Waals surface area contributed by atoms with Crippen molar-refractivity contribution in [1.29, 1.82) is 0 Å². The Morgan fingerprint density at radius 1 is 1.44 bits per heavy atom. The number of carboxylic acids is 1. The molecule has 1 aliphatic rings. The number of carbonyl (C=O) groups is 1. The van der Waals surface area contributed by atoms with Crippen molar-refractivity contribution in [3.63, 3.8) is 0 Å². The van der Waals surface area contributed by atoms with Gasteiger partial charge in [-0.25, -0.2) is 0 Å². The Bertz CT molecular complexity index is 233. The molecule has 0 radical (unpaired) electrons. The van der Waals surface area contributed by atoms with Gasteiger partial charge in [0.25, 0.3) is 0 Å². The van der Waals surface area contributed by atoms with Gasteiger partial charge >= 0.3 is 5.97 Å². The number of nitrogens with zero attached hydrogens (tertiary/aromatic N) is 3. The Morgan fingerprint density at radius 3 is 2.69 bits per heavy atom. The van der Waals surface area contributed by atoms with E-state index in [1.807, 2.05) is 14.1 Å². The normalized spacial score (nSPS) is 23.9. The summed E-state index contributed by atoms with van der Waals surface area (Å²) in [7, 11) is 6.14. The van der Waals surface area contributed by atoms with Gasteiger partial charge in [0, 0.05) is 38.8 Å². The lowest BCUT2D eigenvalue weighted by atomic mass is 10.1. The van der Waals surface area contributed by atoms with Crippen LogP contribution in [-0.4, -0.2) is 85.7 Å². The van der Waals surface area contributed by atoms with Crippen molar-refractivity contribution >= 4 is 5.97 Å². The van der Waals surface area contributed by atoms with Crippen LogP contribution in [0.3, 0.4) is 0 Å². The first-order valence-electron chi connectivity index (χ1n) is 5.78. The highest BCUT2D eigenvalue weighted by atomic mass is 16.4. The van der Waals surface area contributed by atoms with Crippen molar-refractivity contribution in [3.8, 4) is 0 Å². The van der Waals surface area contributed by atoms with Gasteiger partial charge in [-0.2, -0.15) is 0 Å². The van der Waals surface area contributed by atoms with E-state index in [0.717, 1.165) is 32.7 Å². The highest BCUT2D eigenvalue weighted by molar-refractivity contribution is 5.67. The zero-order valence-corrected chi connectivity index (χ0v) is 10.5. The number of rotatable bonds is 5. The van der Waals surface area contributed by atoms with Gasteiger partial charge in [-0.15, -0.1) is 0 Å². The summed E-state index contributed by atoms with van der Waals surface area (Å²) in [6, 6.07) is 0.163. The van der Waals surface area contributed by atoms with Gasteiger partial charge in [-0.05, 0) is 21.1 Å². The van der Waals surface area contributed by atoms with Crippen LogP contribution >= 0.6 is 0 Å². The molecule has 1 heterocycles. The van der Waals surface area contributed by atoms with E-state index in [1.165, 1.54) is 0 Å².